The molecule has 0 radical (unpaired) electrons. The van der Waals surface area contributed by atoms with Gasteiger partial charge in [-0.1, -0.05) is 212 Å². The molecule has 346 valence electrons. The molecule has 75 heavy (non-hydrogen) atoms. The molecule has 13 aromatic carbocycles. The molecule has 0 spiro atoms. The third-order valence-corrected chi connectivity index (χ3v) is 15.4. The fourth-order valence-corrected chi connectivity index (χ4v) is 12.1. The first kappa shape index (κ1) is 41.5. The van der Waals surface area contributed by atoms with E-state index in [4.69, 9.17) is 24.4 Å². The lowest BCUT2D eigenvalue weighted by Gasteiger charge is -2.17. The number of hydrogen-bond acceptors (Lipinski definition) is 5. The number of para-hydroxylation sites is 2. The molecule has 0 aliphatic rings. The number of nitrogens with zero attached hydrogens (tertiary/aromatic N) is 4. The molecule has 3 aromatic heterocycles. The van der Waals surface area contributed by atoms with E-state index in [1.54, 1.807) is 0 Å². The van der Waals surface area contributed by atoms with Gasteiger partial charge >= 0.3 is 0 Å². The summed E-state index contributed by atoms with van der Waals surface area (Å²) in [6, 6.07) is 86.3. The SMILES string of the molecule is c1ccc(-c2nc(-c3ccc(-c4c5c(cc6c(-c7ccc8c9ccccc9c9ccccc9c8c7)nc7ccccc7c46)oc4ccccc45)cc3)nc(-c3ccc4c5ccccc5c5ccccc5c4c3)n2)cc1. The van der Waals surface area contributed by atoms with E-state index in [0.29, 0.717) is 17.5 Å². The number of pyridine rings is 1. The summed E-state index contributed by atoms with van der Waals surface area (Å²) < 4.78 is 6.82. The van der Waals surface area contributed by atoms with E-state index in [1.165, 1.54) is 59.2 Å². The monoisotopic (exact) mass is 952 g/mol. The average Bonchev–Trinajstić information content (AvgIpc) is 3.92. The van der Waals surface area contributed by atoms with Gasteiger partial charge in [-0.05, 0) is 101 Å². The van der Waals surface area contributed by atoms with Crippen LogP contribution in [-0.4, -0.2) is 19.9 Å². The Morgan fingerprint density at radius 2 is 0.627 bits per heavy atom. The summed E-state index contributed by atoms with van der Waals surface area (Å²) >= 11 is 0. The minimum absolute atomic E-state index is 0.597. The molecular formula is C70H40N4O. The Morgan fingerprint density at radius 3 is 1.20 bits per heavy atom. The lowest BCUT2D eigenvalue weighted by molar-refractivity contribution is 0.669. The second-order valence-electron chi connectivity index (χ2n) is 19.6. The largest absolute Gasteiger partial charge is 0.456 e. The van der Waals surface area contributed by atoms with Crippen LogP contribution in [0.3, 0.4) is 0 Å². The van der Waals surface area contributed by atoms with Crippen LogP contribution >= 0.6 is 0 Å². The Morgan fingerprint density at radius 1 is 0.227 bits per heavy atom. The molecule has 0 bridgehead atoms. The summed E-state index contributed by atoms with van der Waals surface area (Å²) in [5.74, 6) is 1.83. The van der Waals surface area contributed by atoms with Crippen molar-refractivity contribution >= 4 is 108 Å². The topological polar surface area (TPSA) is 64.7 Å². The molecule has 0 saturated heterocycles. The summed E-state index contributed by atoms with van der Waals surface area (Å²) in [5, 5.41) is 20.0. The lowest BCUT2D eigenvalue weighted by atomic mass is 9.88. The Kier molecular flexibility index (Phi) is 8.97. The van der Waals surface area contributed by atoms with Crippen LogP contribution in [0.5, 0.6) is 0 Å². The minimum atomic E-state index is 0.597. The van der Waals surface area contributed by atoms with Gasteiger partial charge in [0.25, 0.3) is 0 Å². The van der Waals surface area contributed by atoms with Crippen LogP contribution in [0.15, 0.2) is 247 Å². The highest BCUT2D eigenvalue weighted by Gasteiger charge is 2.23. The number of benzene rings is 13. The summed E-state index contributed by atoms with van der Waals surface area (Å²) in [6.45, 7) is 0. The molecule has 5 heteroatoms. The Bertz CT molecular complexity index is 4990. The van der Waals surface area contributed by atoms with Crippen molar-refractivity contribution in [1.82, 2.24) is 19.9 Å². The summed E-state index contributed by atoms with van der Waals surface area (Å²) in [6.07, 6.45) is 0. The zero-order valence-corrected chi connectivity index (χ0v) is 40.3. The van der Waals surface area contributed by atoms with E-state index in [9.17, 15) is 0 Å². The van der Waals surface area contributed by atoms with Crippen LogP contribution in [0.2, 0.25) is 0 Å². The number of aromatic nitrogens is 4. The quantitative estimate of drug-likeness (QED) is 0.161. The fraction of sp³-hybridized carbons (Fsp3) is 0. The number of fused-ring (bicyclic) bond motifs is 18. The van der Waals surface area contributed by atoms with E-state index in [0.717, 1.165) is 88.1 Å². The van der Waals surface area contributed by atoms with E-state index in [1.807, 2.05) is 24.3 Å². The van der Waals surface area contributed by atoms with Crippen LogP contribution in [0.4, 0.5) is 0 Å². The second kappa shape index (κ2) is 16.2. The van der Waals surface area contributed by atoms with Crippen LogP contribution in [0, 0.1) is 0 Å². The lowest BCUT2D eigenvalue weighted by Crippen LogP contribution is -2.00. The van der Waals surface area contributed by atoms with Crippen molar-refractivity contribution in [3.8, 4) is 56.5 Å². The first-order chi connectivity index (χ1) is 37.2. The van der Waals surface area contributed by atoms with Crippen LogP contribution in [0.1, 0.15) is 0 Å². The Hall–Kier alpha value is -10.1. The molecule has 0 saturated carbocycles. The summed E-state index contributed by atoms with van der Waals surface area (Å²) in [5.41, 5.74) is 9.39. The van der Waals surface area contributed by atoms with Gasteiger partial charge in [0.05, 0.1) is 11.2 Å². The van der Waals surface area contributed by atoms with Crippen molar-refractivity contribution in [2.24, 2.45) is 0 Å². The van der Waals surface area contributed by atoms with Gasteiger partial charge in [-0.2, -0.15) is 0 Å². The Labute approximate surface area is 429 Å². The highest BCUT2D eigenvalue weighted by Crippen LogP contribution is 2.48. The summed E-state index contributed by atoms with van der Waals surface area (Å²) in [7, 11) is 0. The molecule has 0 aliphatic heterocycles. The van der Waals surface area contributed by atoms with Gasteiger partial charge in [-0.15, -0.1) is 0 Å². The zero-order chi connectivity index (χ0) is 49.1. The summed E-state index contributed by atoms with van der Waals surface area (Å²) in [4.78, 5) is 21.2. The van der Waals surface area contributed by atoms with Gasteiger partial charge in [-0.3, -0.25) is 0 Å². The van der Waals surface area contributed by atoms with Gasteiger partial charge in [0.2, 0.25) is 0 Å². The van der Waals surface area contributed by atoms with Gasteiger partial charge in [0.15, 0.2) is 17.5 Å². The molecule has 5 nitrogen and oxygen atoms in total. The number of hydrogen-bond donors (Lipinski definition) is 0. The molecule has 16 aromatic rings. The molecule has 0 fully saturated rings. The molecule has 0 unspecified atom stereocenters. The highest BCUT2D eigenvalue weighted by molar-refractivity contribution is 6.30. The molecule has 0 atom stereocenters. The molecule has 3 heterocycles. The molecule has 0 N–H and O–H groups in total. The predicted molar refractivity (Wildman–Crippen MR) is 312 cm³/mol. The van der Waals surface area contributed by atoms with Crippen molar-refractivity contribution in [3.63, 3.8) is 0 Å². The standard InChI is InChI=1S/C70H40N4O/c1-2-16-42(17-3-1)68-72-69(74-70(73-68)45-35-37-55-51-23-7-5-19-47(51)49-21-9-11-25-53(49)59(55)39-45)43-32-30-41(31-33-43)64-65-56-26-12-14-28-61(56)71-67(60(65)40-63-66(64)57-27-13-15-29-62(57)75-63)44-34-36-54-50-22-6-4-18-46(50)48-20-8-10-24-52(48)58(54)38-44/h1-40H. The predicted octanol–water partition coefficient (Wildman–Crippen LogP) is 18.7. The normalized spacial score (nSPS) is 12.0. The zero-order valence-electron chi connectivity index (χ0n) is 40.3. The maximum absolute atomic E-state index is 6.82. The van der Waals surface area contributed by atoms with Gasteiger partial charge in [-0.25, -0.2) is 19.9 Å². The van der Waals surface area contributed by atoms with Crippen molar-refractivity contribution in [3.05, 3.63) is 243 Å². The maximum Gasteiger partial charge on any atom is 0.164 e. The highest BCUT2D eigenvalue weighted by atomic mass is 16.3. The molecule has 0 aliphatic carbocycles. The fourth-order valence-electron chi connectivity index (χ4n) is 12.1. The minimum Gasteiger partial charge on any atom is -0.456 e. The van der Waals surface area contributed by atoms with Crippen LogP contribution < -0.4 is 0 Å². The second-order valence-corrected chi connectivity index (χ2v) is 19.6. The van der Waals surface area contributed by atoms with E-state index in [2.05, 4.69) is 218 Å². The number of furan rings is 1. The Balaban J connectivity index is 0.909. The van der Waals surface area contributed by atoms with Crippen molar-refractivity contribution in [2.45, 2.75) is 0 Å². The smallest absolute Gasteiger partial charge is 0.164 e. The first-order valence-corrected chi connectivity index (χ1v) is 25.4. The molecular weight excluding hydrogens is 913 g/mol. The van der Waals surface area contributed by atoms with Gasteiger partial charge in [0.1, 0.15) is 11.2 Å². The van der Waals surface area contributed by atoms with Crippen LogP contribution in [0.25, 0.3) is 165 Å². The van der Waals surface area contributed by atoms with E-state index in [-0.39, 0.29) is 0 Å². The molecule has 0 amide bonds. The third kappa shape index (κ3) is 6.38. The maximum atomic E-state index is 6.82. The van der Waals surface area contributed by atoms with Crippen molar-refractivity contribution < 1.29 is 4.42 Å². The van der Waals surface area contributed by atoms with E-state index >= 15 is 0 Å². The van der Waals surface area contributed by atoms with Gasteiger partial charge in [0, 0.05) is 54.7 Å². The third-order valence-electron chi connectivity index (χ3n) is 15.4. The van der Waals surface area contributed by atoms with Crippen molar-refractivity contribution in [1.29, 1.82) is 0 Å². The van der Waals surface area contributed by atoms with Crippen molar-refractivity contribution in [2.75, 3.05) is 0 Å². The van der Waals surface area contributed by atoms with E-state index < -0.39 is 0 Å². The number of rotatable bonds is 5. The van der Waals surface area contributed by atoms with Crippen LogP contribution in [-0.2, 0) is 0 Å². The molecule has 16 rings (SSSR count). The van der Waals surface area contributed by atoms with Gasteiger partial charge < -0.3 is 4.42 Å². The average molecular weight is 953 g/mol. The first-order valence-electron chi connectivity index (χ1n) is 25.4.